The maximum absolute atomic E-state index is 12.3. The third-order valence-electron chi connectivity index (χ3n) is 4.27. The Morgan fingerprint density at radius 2 is 1.86 bits per heavy atom. The van der Waals surface area contributed by atoms with Crippen LogP contribution in [-0.2, 0) is 9.59 Å². The number of para-hydroxylation sites is 1. The Morgan fingerprint density at radius 1 is 1.07 bits per heavy atom. The number of carbonyl (C=O) groups excluding carboxylic acids is 2. The number of carbonyl (C=O) groups is 3. The number of benzene rings is 2. The van der Waals surface area contributed by atoms with Gasteiger partial charge in [0.15, 0.2) is 5.43 Å². The molecule has 0 bridgehead atoms. The fraction of sp³-hybridized carbons (Fsp3) is 0.0476. The Labute approximate surface area is 168 Å². The molecule has 0 unspecified atom stereocenters. The Kier molecular flexibility index (Phi) is 4.77. The largest absolute Gasteiger partial charge is 0.480 e. The van der Waals surface area contributed by atoms with Gasteiger partial charge in [-0.1, -0.05) is 30.3 Å². The molecular weight excluding hydrogens is 394 g/mol. The lowest BCUT2D eigenvalue weighted by Gasteiger charge is -2.07. The number of carboxylic acid groups (broad SMARTS) is 1. The zero-order valence-corrected chi connectivity index (χ0v) is 15.6. The van der Waals surface area contributed by atoms with Gasteiger partial charge in [-0.25, -0.2) is 0 Å². The fourth-order valence-electron chi connectivity index (χ4n) is 2.95. The molecule has 3 aromatic rings. The average molecular weight is 407 g/mol. The molecular formula is C21H13NO6S. The SMILES string of the molecule is O=C(O)CN1C(=O)S/C(=C/c2cccc(-c3cc(=O)c4ccccc4o3)c2)C1=O. The lowest BCUT2D eigenvalue weighted by Crippen LogP contribution is -2.33. The molecule has 0 saturated carbocycles. The highest BCUT2D eigenvalue weighted by Gasteiger charge is 2.36. The van der Waals surface area contributed by atoms with Gasteiger partial charge in [0.05, 0.1) is 10.3 Å². The molecule has 4 rings (SSSR count). The van der Waals surface area contributed by atoms with Gasteiger partial charge in [-0.2, -0.15) is 0 Å². The first-order valence-electron chi connectivity index (χ1n) is 8.53. The predicted octanol–water partition coefficient (Wildman–Crippen LogP) is 3.58. The van der Waals surface area contributed by atoms with Crippen LogP contribution >= 0.6 is 11.8 Å². The van der Waals surface area contributed by atoms with Gasteiger partial charge >= 0.3 is 5.97 Å². The van der Waals surface area contributed by atoms with Gasteiger partial charge < -0.3 is 9.52 Å². The molecule has 2 aromatic carbocycles. The van der Waals surface area contributed by atoms with Crippen molar-refractivity contribution >= 4 is 45.9 Å². The number of rotatable bonds is 4. The summed E-state index contributed by atoms with van der Waals surface area (Å²) >= 11 is 0.686. The van der Waals surface area contributed by atoms with E-state index in [1.165, 1.54) is 12.1 Å². The Morgan fingerprint density at radius 3 is 2.66 bits per heavy atom. The second-order valence-electron chi connectivity index (χ2n) is 6.26. The van der Waals surface area contributed by atoms with Gasteiger partial charge in [0, 0.05) is 11.6 Å². The molecule has 2 heterocycles. The number of hydrogen-bond donors (Lipinski definition) is 1. The van der Waals surface area contributed by atoms with Crippen LogP contribution in [0.15, 0.2) is 68.7 Å². The van der Waals surface area contributed by atoms with E-state index in [-0.39, 0.29) is 10.3 Å². The summed E-state index contributed by atoms with van der Waals surface area (Å²) in [5, 5.41) is 8.70. The van der Waals surface area contributed by atoms with Crippen molar-refractivity contribution < 1.29 is 23.9 Å². The molecule has 1 saturated heterocycles. The number of carboxylic acids is 1. The molecule has 0 aliphatic carbocycles. The molecule has 0 atom stereocenters. The highest BCUT2D eigenvalue weighted by Crippen LogP contribution is 2.32. The topological polar surface area (TPSA) is 105 Å². The van der Waals surface area contributed by atoms with Crippen molar-refractivity contribution in [2.45, 2.75) is 0 Å². The van der Waals surface area contributed by atoms with E-state index in [2.05, 4.69) is 0 Å². The maximum Gasteiger partial charge on any atom is 0.323 e. The smallest absolute Gasteiger partial charge is 0.323 e. The second kappa shape index (κ2) is 7.40. The van der Waals surface area contributed by atoms with E-state index in [0.717, 1.165) is 0 Å². The Hall–Kier alpha value is -3.65. The van der Waals surface area contributed by atoms with Gasteiger partial charge in [-0.05, 0) is 41.6 Å². The van der Waals surface area contributed by atoms with Crippen LogP contribution in [0.1, 0.15) is 5.56 Å². The van der Waals surface area contributed by atoms with Crippen LogP contribution in [0, 0.1) is 0 Å². The molecule has 0 radical (unpaired) electrons. The zero-order chi connectivity index (χ0) is 20.5. The van der Waals surface area contributed by atoms with Crippen molar-refractivity contribution in [2.24, 2.45) is 0 Å². The lowest BCUT2D eigenvalue weighted by molar-refractivity contribution is -0.140. The molecule has 1 aliphatic rings. The molecule has 2 amide bonds. The molecule has 29 heavy (non-hydrogen) atoms. The molecule has 0 spiro atoms. The van der Waals surface area contributed by atoms with E-state index in [1.807, 2.05) is 0 Å². The van der Waals surface area contributed by atoms with Crippen molar-refractivity contribution in [1.29, 1.82) is 0 Å². The fourth-order valence-corrected chi connectivity index (χ4v) is 3.79. The summed E-state index contributed by atoms with van der Waals surface area (Å²) in [6.45, 7) is -0.676. The zero-order valence-electron chi connectivity index (χ0n) is 14.8. The summed E-state index contributed by atoms with van der Waals surface area (Å²) in [6, 6.07) is 15.3. The van der Waals surface area contributed by atoms with Crippen molar-refractivity contribution in [2.75, 3.05) is 6.54 Å². The van der Waals surface area contributed by atoms with Gasteiger partial charge in [-0.3, -0.25) is 24.1 Å². The normalized spacial score (nSPS) is 15.4. The lowest BCUT2D eigenvalue weighted by atomic mass is 10.1. The summed E-state index contributed by atoms with van der Waals surface area (Å²) in [5.74, 6) is -1.53. The maximum atomic E-state index is 12.3. The summed E-state index contributed by atoms with van der Waals surface area (Å²) in [6.07, 6.45) is 1.51. The number of nitrogens with zero attached hydrogens (tertiary/aromatic N) is 1. The number of imide groups is 1. The van der Waals surface area contributed by atoms with E-state index in [0.29, 0.717) is 44.5 Å². The molecule has 8 heteroatoms. The third-order valence-corrected chi connectivity index (χ3v) is 5.18. The first-order chi connectivity index (χ1) is 13.9. The van der Waals surface area contributed by atoms with Crippen LogP contribution in [0.5, 0.6) is 0 Å². The number of fused-ring (bicyclic) bond motifs is 1. The minimum Gasteiger partial charge on any atom is -0.480 e. The van der Waals surface area contributed by atoms with Crippen molar-refractivity contribution in [3.05, 3.63) is 75.3 Å². The highest BCUT2D eigenvalue weighted by atomic mass is 32.2. The van der Waals surface area contributed by atoms with E-state index >= 15 is 0 Å². The molecule has 144 valence electrons. The minimum absolute atomic E-state index is 0.133. The van der Waals surface area contributed by atoms with Crippen LogP contribution < -0.4 is 5.43 Å². The van der Waals surface area contributed by atoms with Crippen LogP contribution in [0.2, 0.25) is 0 Å². The van der Waals surface area contributed by atoms with Crippen LogP contribution in [0.4, 0.5) is 4.79 Å². The highest BCUT2D eigenvalue weighted by molar-refractivity contribution is 8.18. The molecule has 1 aromatic heterocycles. The number of amides is 2. The van der Waals surface area contributed by atoms with E-state index < -0.39 is 23.7 Å². The molecule has 1 aliphatic heterocycles. The quantitative estimate of drug-likeness (QED) is 0.659. The first kappa shape index (κ1) is 18.7. The standard InChI is InChI=1S/C21H13NO6S/c23-15-10-17(28-16-7-2-1-6-14(15)16)13-5-3-4-12(8-13)9-18-20(26)22(11-19(24)25)21(27)29-18/h1-10H,11H2,(H,24,25)/b18-9+. The van der Waals surface area contributed by atoms with Crippen LogP contribution in [0.3, 0.4) is 0 Å². The molecule has 7 nitrogen and oxygen atoms in total. The predicted molar refractivity (Wildman–Crippen MR) is 108 cm³/mol. The first-order valence-corrected chi connectivity index (χ1v) is 9.34. The van der Waals surface area contributed by atoms with Gasteiger partial charge in [0.25, 0.3) is 11.1 Å². The second-order valence-corrected chi connectivity index (χ2v) is 7.25. The van der Waals surface area contributed by atoms with E-state index in [9.17, 15) is 19.2 Å². The van der Waals surface area contributed by atoms with Gasteiger partial charge in [0.2, 0.25) is 0 Å². The molecule has 1 fully saturated rings. The summed E-state index contributed by atoms with van der Waals surface area (Å²) < 4.78 is 5.83. The molecule has 1 N–H and O–H groups in total. The van der Waals surface area contributed by atoms with Gasteiger partial charge in [-0.15, -0.1) is 0 Å². The monoisotopic (exact) mass is 407 g/mol. The van der Waals surface area contributed by atoms with Gasteiger partial charge in [0.1, 0.15) is 17.9 Å². The van der Waals surface area contributed by atoms with Crippen molar-refractivity contribution in [3.63, 3.8) is 0 Å². The number of hydrogen-bond acceptors (Lipinski definition) is 6. The number of thioether (sulfide) groups is 1. The van der Waals surface area contributed by atoms with Crippen LogP contribution in [-0.4, -0.2) is 33.7 Å². The van der Waals surface area contributed by atoms with Crippen molar-refractivity contribution in [3.8, 4) is 11.3 Å². The van der Waals surface area contributed by atoms with E-state index in [1.54, 1.807) is 48.5 Å². The average Bonchev–Trinajstić information content (AvgIpc) is 2.95. The summed E-state index contributed by atoms with van der Waals surface area (Å²) in [5.41, 5.74) is 1.54. The third kappa shape index (κ3) is 3.70. The number of aliphatic carboxylic acids is 1. The Bertz CT molecular complexity index is 1260. The minimum atomic E-state index is -1.26. The summed E-state index contributed by atoms with van der Waals surface area (Å²) in [4.78, 5) is 48.1. The summed E-state index contributed by atoms with van der Waals surface area (Å²) in [7, 11) is 0. The van der Waals surface area contributed by atoms with Crippen LogP contribution in [0.25, 0.3) is 28.4 Å². The van der Waals surface area contributed by atoms with Crippen molar-refractivity contribution in [1.82, 2.24) is 4.90 Å². The Balaban J connectivity index is 1.69. The van der Waals surface area contributed by atoms with E-state index in [4.69, 9.17) is 9.52 Å².